The first-order valence-electron chi connectivity index (χ1n) is 35.8. The van der Waals surface area contributed by atoms with Crippen molar-refractivity contribution in [1.82, 2.24) is 5.32 Å². The molecule has 0 radical (unpaired) electrons. The molecule has 20 atom stereocenters. The summed E-state index contributed by atoms with van der Waals surface area (Å²) < 4.78 is 38.4. The molecule has 18 heteroatoms. The van der Waals surface area contributed by atoms with Crippen LogP contribution in [0.5, 0.6) is 0 Å². The standard InChI is InChI=1S/C35H63N5O.C27H46O6S.C8H18N4.K/c1-24(2)25(3)10-11-26(4)29-12-13-30-33-31(15-17-35(29,30)6)34(5)16-14-28(22-27(34)23-32(33)41)38-20-9-19-37-18-7-8-21-39-40-36;1-16(2)24(33-34(30,31)32)9-6-17(3)20-7-8-21-25-22(11-13-27(20,21)5)26(4)12-10-19(28)14-18(26)15-23(25)29;9-7-5-3-1-2-4-6-8-11-12-10;/h24-27,29-33,37,41H,7-23H2,1-6H3;16-18,20-25,29H,6-15H2,1-5H3,(H,30,31,32);1-9H2;/q;;;+1/p-1/t25-,26-,27-,29-,30?,31?,32-,33?,34+,35-;17-,18-,20-,21?,22?,23-,24-,25?,26+,27-;;/m11../s1. The van der Waals surface area contributed by atoms with E-state index < -0.39 is 16.5 Å². The molecule has 8 rings (SSSR count). The number of fused-ring (bicyclic) bond motifs is 10. The molecule has 88 heavy (non-hydrogen) atoms. The van der Waals surface area contributed by atoms with Crippen LogP contribution in [0, 0.1) is 110 Å². The molecule has 8 fully saturated rings. The van der Waals surface area contributed by atoms with Crippen molar-refractivity contribution in [3.63, 3.8) is 0 Å². The number of unbranched alkanes of at least 4 members (excludes halogenated alkanes) is 6. The van der Waals surface area contributed by atoms with Gasteiger partial charge in [-0.15, -0.1) is 0 Å². The zero-order valence-electron chi connectivity index (χ0n) is 57.7. The number of azide groups is 2. The third-order valence-corrected chi connectivity index (χ3v) is 26.7. The summed E-state index contributed by atoms with van der Waals surface area (Å²) in [6.07, 6.45) is 30.9. The summed E-state index contributed by atoms with van der Waals surface area (Å²) in [5, 5.41) is 33.7. The Labute approximate surface area is 578 Å². The van der Waals surface area contributed by atoms with E-state index in [1.165, 1.54) is 76.3 Å². The topological polar surface area (TPSA) is 272 Å². The fraction of sp³-hybridized carbons (Fsp3) is 0.971. The molecule has 0 aromatic carbocycles. The van der Waals surface area contributed by atoms with Gasteiger partial charge in [-0.1, -0.05) is 125 Å². The third kappa shape index (κ3) is 20.2. The van der Waals surface area contributed by atoms with Gasteiger partial charge in [0, 0.05) is 48.0 Å². The molecule has 6 unspecified atom stereocenters. The number of aliphatic imine (C=N–C) groups is 1. The minimum absolute atomic E-state index is 0. The molecule has 8 saturated carbocycles. The van der Waals surface area contributed by atoms with Gasteiger partial charge < -0.3 is 25.8 Å². The van der Waals surface area contributed by atoms with Crippen molar-refractivity contribution < 1.29 is 83.5 Å². The molecular weight excluding hydrogens is 1150 g/mol. The Balaban J connectivity index is 0.000000271. The number of aliphatic hydroxyl groups excluding tert-OH is 2. The van der Waals surface area contributed by atoms with E-state index in [2.05, 4.69) is 87.7 Å². The molecule has 0 bridgehead atoms. The second-order valence-electron chi connectivity index (χ2n) is 31.7. The summed E-state index contributed by atoms with van der Waals surface area (Å²) in [6, 6.07) is 0. The zero-order chi connectivity index (χ0) is 63.7. The van der Waals surface area contributed by atoms with Gasteiger partial charge in [0.05, 0.1) is 18.3 Å². The summed E-state index contributed by atoms with van der Waals surface area (Å²) in [7, 11) is -4.70. The first-order valence-corrected chi connectivity index (χ1v) is 37.1. The molecular formula is C70H126KN9O7S. The Morgan fingerprint density at radius 1 is 0.614 bits per heavy atom. The number of rotatable bonds is 29. The SMILES string of the molecule is CC(C)[C@@H](CC[C@@H](C)[C@H]1CCC2C3C(CC[C@@]21C)[C@@]1(C)CCC(=O)C[C@@H]1C[C@H]3O)OS(=O)(=O)[O-].CC(C)[C@H](C)CC[C@@H](C)[C@H]1CCC2C3C(CC[C@@]21C)[C@@]1(C)CCC(=NCCCNCCCCN=[N+]=[N-])C[C@@H]1C[C@H]3O.[K+].[N-]=[N+]=NCCCCCCCCN. The number of nitrogens with zero attached hydrogens (tertiary/aromatic N) is 7. The van der Waals surface area contributed by atoms with Gasteiger partial charge in [0.2, 0.25) is 10.4 Å². The predicted molar refractivity (Wildman–Crippen MR) is 352 cm³/mol. The van der Waals surface area contributed by atoms with Crippen molar-refractivity contribution in [3.05, 3.63) is 20.9 Å². The van der Waals surface area contributed by atoms with Crippen molar-refractivity contribution in [2.24, 2.45) is 131 Å². The third-order valence-electron chi connectivity index (χ3n) is 26.2. The summed E-state index contributed by atoms with van der Waals surface area (Å²) in [5.41, 5.74) is 24.2. The van der Waals surface area contributed by atoms with Gasteiger partial charge in [0.15, 0.2) is 0 Å². The average Bonchev–Trinajstić information content (AvgIpc) is 1.69. The number of ketones is 1. The molecule has 0 aliphatic heterocycles. The van der Waals surface area contributed by atoms with E-state index >= 15 is 0 Å². The second-order valence-corrected chi connectivity index (χ2v) is 32.7. The summed E-state index contributed by atoms with van der Waals surface area (Å²) >= 11 is 0. The van der Waals surface area contributed by atoms with Crippen LogP contribution < -0.4 is 62.4 Å². The minimum Gasteiger partial charge on any atom is -0.726 e. The molecule has 8 aliphatic rings. The number of carbonyl (C=O) groups is 1. The number of Topliss-reactive ketones (excluding diaryl/α,β-unsaturated/α-hetero) is 1. The summed E-state index contributed by atoms with van der Waals surface area (Å²) in [6.45, 7) is 30.8. The van der Waals surface area contributed by atoms with Crippen LogP contribution in [0.15, 0.2) is 15.2 Å². The maximum Gasteiger partial charge on any atom is 1.00 e. The fourth-order valence-electron chi connectivity index (χ4n) is 20.6. The zero-order valence-corrected chi connectivity index (χ0v) is 61.6. The van der Waals surface area contributed by atoms with Gasteiger partial charge in [0.25, 0.3) is 0 Å². The second kappa shape index (κ2) is 36.4. The van der Waals surface area contributed by atoms with Crippen LogP contribution in [-0.4, -0.2) is 92.3 Å². The van der Waals surface area contributed by atoms with Crippen LogP contribution in [0.2, 0.25) is 0 Å². The van der Waals surface area contributed by atoms with Crippen LogP contribution in [0.25, 0.3) is 20.9 Å². The first-order chi connectivity index (χ1) is 41.3. The molecule has 0 heterocycles. The van der Waals surface area contributed by atoms with Gasteiger partial charge in [0.1, 0.15) is 5.78 Å². The Morgan fingerprint density at radius 3 is 1.60 bits per heavy atom. The normalized spacial score (nSPS) is 36.6. The number of carbonyl (C=O) groups excluding carboxylic acids is 1. The van der Waals surface area contributed by atoms with E-state index in [1.807, 2.05) is 13.8 Å². The Hall–Kier alpha value is -0.694. The fourth-order valence-corrected chi connectivity index (χ4v) is 21.2. The molecule has 16 nitrogen and oxygen atoms in total. The molecule has 0 aromatic rings. The number of nitrogens with two attached hydrogens (primary N) is 1. The number of nitrogens with one attached hydrogen (secondary N) is 1. The van der Waals surface area contributed by atoms with E-state index in [1.54, 1.807) is 0 Å². The summed E-state index contributed by atoms with van der Waals surface area (Å²) in [4.78, 5) is 22.7. The van der Waals surface area contributed by atoms with Gasteiger partial charge in [-0.2, -0.15) is 0 Å². The molecule has 8 aliphatic carbocycles. The number of aliphatic hydroxyl groups is 2. The van der Waals surface area contributed by atoms with Crippen LogP contribution >= 0.6 is 0 Å². The predicted octanol–water partition coefficient (Wildman–Crippen LogP) is 13.5. The van der Waals surface area contributed by atoms with Gasteiger partial charge in [-0.3, -0.25) is 14.0 Å². The van der Waals surface area contributed by atoms with E-state index in [0.29, 0.717) is 108 Å². The van der Waals surface area contributed by atoms with Crippen LogP contribution in [-0.2, 0) is 19.4 Å². The Kier molecular flexibility index (Phi) is 32.3. The van der Waals surface area contributed by atoms with Gasteiger partial charge in [-0.25, -0.2) is 8.42 Å². The molecule has 0 aromatic heterocycles. The van der Waals surface area contributed by atoms with Crippen molar-refractivity contribution in [2.75, 3.05) is 39.3 Å². The largest absolute Gasteiger partial charge is 1.00 e. The van der Waals surface area contributed by atoms with E-state index in [4.69, 9.17) is 26.0 Å². The van der Waals surface area contributed by atoms with Crippen molar-refractivity contribution >= 4 is 21.9 Å². The van der Waals surface area contributed by atoms with Crippen LogP contribution in [0.1, 0.15) is 262 Å². The smallest absolute Gasteiger partial charge is 0.726 e. The van der Waals surface area contributed by atoms with E-state index in [9.17, 15) is 28.0 Å². The summed E-state index contributed by atoms with van der Waals surface area (Å²) in [5.74, 6) is 8.68. The maximum atomic E-state index is 12.2. The van der Waals surface area contributed by atoms with E-state index in [-0.39, 0.29) is 80.3 Å². The van der Waals surface area contributed by atoms with Gasteiger partial charge in [-0.05, 0) is 276 Å². The van der Waals surface area contributed by atoms with E-state index in [0.717, 1.165) is 146 Å². The first kappa shape index (κ1) is 78.0. The van der Waals surface area contributed by atoms with Crippen molar-refractivity contribution in [1.29, 1.82) is 0 Å². The van der Waals surface area contributed by atoms with Crippen LogP contribution in [0.3, 0.4) is 0 Å². The number of hydrogen-bond donors (Lipinski definition) is 4. The monoisotopic (exact) mass is 1280 g/mol. The van der Waals surface area contributed by atoms with Crippen molar-refractivity contribution in [2.45, 2.75) is 281 Å². The minimum atomic E-state index is -4.70. The van der Waals surface area contributed by atoms with Crippen LogP contribution in [0.4, 0.5) is 0 Å². The van der Waals surface area contributed by atoms with Crippen molar-refractivity contribution in [3.8, 4) is 0 Å². The molecule has 0 saturated heterocycles. The molecule has 500 valence electrons. The quantitative estimate of drug-likeness (QED) is 0.0105. The molecule has 5 N–H and O–H groups in total. The van der Waals surface area contributed by atoms with Gasteiger partial charge >= 0.3 is 51.4 Å². The Morgan fingerprint density at radius 2 is 1.09 bits per heavy atom. The molecule has 0 amide bonds. The molecule has 0 spiro atoms. The maximum absolute atomic E-state index is 12.2. The Bertz CT molecular complexity index is 2370. The number of hydrogen-bond acceptors (Lipinski definition) is 12. The average molecular weight is 1280 g/mol.